The average molecular weight is 351 g/mol. The number of nitrogens with one attached hydrogen (secondary N) is 1. The molecule has 1 N–H and O–H groups in total. The first-order valence-electron chi connectivity index (χ1n) is 7.85. The molecule has 1 aromatic rings. The molecule has 0 heterocycles. The molecule has 0 bridgehead atoms. The van der Waals surface area contributed by atoms with E-state index in [1.807, 2.05) is 6.92 Å². The van der Waals surface area contributed by atoms with Gasteiger partial charge in [0.2, 0.25) is 0 Å². The van der Waals surface area contributed by atoms with E-state index in [1.54, 1.807) is 6.92 Å². The number of carbonyl (C=O) groups excluding carboxylic acids is 3. The Hall–Kier alpha value is -2.70. The van der Waals surface area contributed by atoms with Crippen LogP contribution in [-0.2, 0) is 23.9 Å². The molecule has 2 atom stereocenters. The smallest absolute Gasteiger partial charge is 0.331 e. The van der Waals surface area contributed by atoms with Crippen LogP contribution in [-0.4, -0.2) is 37.6 Å². The van der Waals surface area contributed by atoms with Crippen molar-refractivity contribution < 1.29 is 28.2 Å². The van der Waals surface area contributed by atoms with Gasteiger partial charge in [0, 0.05) is 6.08 Å². The Morgan fingerprint density at radius 1 is 1.24 bits per heavy atom. The van der Waals surface area contributed by atoms with Crippen molar-refractivity contribution in [3.63, 3.8) is 0 Å². The molecule has 0 saturated heterocycles. The van der Waals surface area contributed by atoms with Crippen molar-refractivity contribution in [1.82, 2.24) is 5.32 Å². The van der Waals surface area contributed by atoms with Crippen LogP contribution < -0.4 is 5.32 Å². The van der Waals surface area contributed by atoms with E-state index >= 15 is 0 Å². The minimum atomic E-state index is -0.795. The molecule has 1 amide bonds. The standard InChI is InChI=1S/C18H22FNO5/c1-4-12(2)17(18(23)24-3)20-15(21)11-25-16(22)10-7-13-5-8-14(19)9-6-13/h5-10,12,17H,4,11H2,1-3H3,(H,20,21)/b10-7+/t12-,17-/m0/s1. The molecule has 0 spiro atoms. The van der Waals surface area contributed by atoms with E-state index in [0.717, 1.165) is 6.08 Å². The van der Waals surface area contributed by atoms with Gasteiger partial charge in [-0.3, -0.25) is 4.79 Å². The van der Waals surface area contributed by atoms with Gasteiger partial charge in [0.1, 0.15) is 11.9 Å². The van der Waals surface area contributed by atoms with Crippen LogP contribution >= 0.6 is 0 Å². The molecule has 0 aliphatic carbocycles. The molecule has 0 fully saturated rings. The van der Waals surface area contributed by atoms with E-state index in [2.05, 4.69) is 10.1 Å². The topological polar surface area (TPSA) is 81.7 Å². The lowest BCUT2D eigenvalue weighted by Gasteiger charge is -2.21. The summed E-state index contributed by atoms with van der Waals surface area (Å²) in [5, 5.41) is 2.50. The zero-order chi connectivity index (χ0) is 18.8. The van der Waals surface area contributed by atoms with Gasteiger partial charge in [-0.05, 0) is 29.7 Å². The number of methoxy groups -OCH3 is 1. The minimum absolute atomic E-state index is 0.120. The monoisotopic (exact) mass is 351 g/mol. The average Bonchev–Trinajstić information content (AvgIpc) is 2.62. The SMILES string of the molecule is CC[C@H](C)[C@H](NC(=O)COC(=O)/C=C/c1ccc(F)cc1)C(=O)OC. The Labute approximate surface area is 146 Å². The van der Waals surface area contributed by atoms with Gasteiger partial charge in [0.25, 0.3) is 5.91 Å². The van der Waals surface area contributed by atoms with Crippen LogP contribution in [0.4, 0.5) is 4.39 Å². The van der Waals surface area contributed by atoms with Crippen molar-refractivity contribution >= 4 is 23.9 Å². The van der Waals surface area contributed by atoms with E-state index in [0.29, 0.717) is 12.0 Å². The van der Waals surface area contributed by atoms with Crippen LogP contribution in [0, 0.1) is 11.7 Å². The summed E-state index contributed by atoms with van der Waals surface area (Å²) in [6, 6.07) is 4.73. The van der Waals surface area contributed by atoms with Crippen molar-refractivity contribution in [3.8, 4) is 0 Å². The fourth-order valence-electron chi connectivity index (χ4n) is 1.93. The van der Waals surface area contributed by atoms with Crippen molar-refractivity contribution in [3.05, 3.63) is 41.7 Å². The number of ether oxygens (including phenoxy) is 2. The maximum atomic E-state index is 12.8. The highest BCUT2D eigenvalue weighted by molar-refractivity contribution is 5.90. The minimum Gasteiger partial charge on any atom is -0.467 e. The van der Waals surface area contributed by atoms with Gasteiger partial charge >= 0.3 is 11.9 Å². The molecule has 0 aliphatic rings. The largest absolute Gasteiger partial charge is 0.467 e. The number of benzene rings is 1. The summed E-state index contributed by atoms with van der Waals surface area (Å²) < 4.78 is 22.2. The van der Waals surface area contributed by atoms with E-state index < -0.39 is 30.5 Å². The molecule has 0 aliphatic heterocycles. The van der Waals surface area contributed by atoms with Crippen LogP contribution in [0.25, 0.3) is 6.08 Å². The van der Waals surface area contributed by atoms with Gasteiger partial charge < -0.3 is 14.8 Å². The number of hydrogen-bond acceptors (Lipinski definition) is 5. The van der Waals surface area contributed by atoms with Crippen molar-refractivity contribution in [1.29, 1.82) is 0 Å². The first-order valence-corrected chi connectivity index (χ1v) is 7.85. The molecular weight excluding hydrogens is 329 g/mol. The highest BCUT2D eigenvalue weighted by Gasteiger charge is 2.26. The zero-order valence-electron chi connectivity index (χ0n) is 14.5. The Balaban J connectivity index is 2.50. The fourth-order valence-corrected chi connectivity index (χ4v) is 1.93. The normalized spacial score (nSPS) is 13.1. The van der Waals surface area contributed by atoms with Crippen molar-refractivity contribution in [2.45, 2.75) is 26.3 Å². The Bertz CT molecular complexity index is 627. The quantitative estimate of drug-likeness (QED) is 0.573. The zero-order valence-corrected chi connectivity index (χ0v) is 14.5. The summed E-state index contributed by atoms with van der Waals surface area (Å²) in [4.78, 5) is 35.1. The lowest BCUT2D eigenvalue weighted by atomic mass is 9.99. The maximum Gasteiger partial charge on any atom is 0.331 e. The van der Waals surface area contributed by atoms with Crippen LogP contribution in [0.15, 0.2) is 30.3 Å². The Morgan fingerprint density at radius 2 is 1.88 bits per heavy atom. The molecule has 0 saturated carbocycles. The van der Waals surface area contributed by atoms with Gasteiger partial charge in [-0.1, -0.05) is 32.4 Å². The van der Waals surface area contributed by atoms with E-state index in [9.17, 15) is 18.8 Å². The molecule has 1 rings (SSSR count). The van der Waals surface area contributed by atoms with Crippen molar-refractivity contribution in [2.75, 3.05) is 13.7 Å². The summed E-state index contributed by atoms with van der Waals surface area (Å²) in [6.07, 6.45) is 3.24. The summed E-state index contributed by atoms with van der Waals surface area (Å²) in [6.45, 7) is 3.17. The van der Waals surface area contributed by atoms with Crippen molar-refractivity contribution in [2.24, 2.45) is 5.92 Å². The molecule has 0 aromatic heterocycles. The highest BCUT2D eigenvalue weighted by atomic mass is 19.1. The van der Waals surface area contributed by atoms with E-state index in [4.69, 9.17) is 4.74 Å². The number of halogens is 1. The molecule has 0 unspecified atom stereocenters. The highest BCUT2D eigenvalue weighted by Crippen LogP contribution is 2.09. The van der Waals surface area contributed by atoms with Crippen LogP contribution in [0.2, 0.25) is 0 Å². The first-order chi connectivity index (χ1) is 11.9. The van der Waals surface area contributed by atoms with Crippen LogP contribution in [0.3, 0.4) is 0 Å². The second-order valence-electron chi connectivity index (χ2n) is 5.45. The molecule has 7 heteroatoms. The molecule has 25 heavy (non-hydrogen) atoms. The number of hydrogen-bond donors (Lipinski definition) is 1. The van der Waals surface area contributed by atoms with Gasteiger partial charge in [-0.25, -0.2) is 14.0 Å². The Morgan fingerprint density at radius 3 is 2.44 bits per heavy atom. The first kappa shape index (κ1) is 20.3. The third kappa shape index (κ3) is 7.15. The summed E-state index contributed by atoms with van der Waals surface area (Å²) in [5.41, 5.74) is 0.616. The summed E-state index contributed by atoms with van der Waals surface area (Å²) >= 11 is 0. The van der Waals surface area contributed by atoms with E-state index in [-0.39, 0.29) is 11.7 Å². The molecular formula is C18H22FNO5. The lowest BCUT2D eigenvalue weighted by molar-refractivity contribution is -0.148. The number of carbonyl (C=O) groups is 3. The predicted octanol–water partition coefficient (Wildman–Crippen LogP) is 2.09. The van der Waals surface area contributed by atoms with Crippen LogP contribution in [0.1, 0.15) is 25.8 Å². The molecule has 1 aromatic carbocycles. The third-order valence-corrected chi connectivity index (χ3v) is 3.61. The Kier molecular flexibility index (Phi) is 8.32. The van der Waals surface area contributed by atoms with Gasteiger partial charge in [0.15, 0.2) is 6.61 Å². The number of rotatable bonds is 8. The van der Waals surface area contributed by atoms with Gasteiger partial charge in [0.05, 0.1) is 7.11 Å². The van der Waals surface area contributed by atoms with Gasteiger partial charge in [-0.15, -0.1) is 0 Å². The summed E-state index contributed by atoms with van der Waals surface area (Å²) in [5.74, 6) is -2.37. The summed E-state index contributed by atoms with van der Waals surface area (Å²) in [7, 11) is 1.24. The second-order valence-corrected chi connectivity index (χ2v) is 5.45. The third-order valence-electron chi connectivity index (χ3n) is 3.61. The predicted molar refractivity (Wildman–Crippen MR) is 89.8 cm³/mol. The maximum absolute atomic E-state index is 12.8. The lowest BCUT2D eigenvalue weighted by Crippen LogP contribution is -2.47. The molecule has 6 nitrogen and oxygen atoms in total. The van der Waals surface area contributed by atoms with E-state index in [1.165, 1.54) is 37.5 Å². The van der Waals surface area contributed by atoms with Gasteiger partial charge in [-0.2, -0.15) is 0 Å². The molecule has 0 radical (unpaired) electrons. The number of amides is 1. The fraction of sp³-hybridized carbons (Fsp3) is 0.389. The number of esters is 2. The molecule has 136 valence electrons. The second kappa shape index (κ2) is 10.2. The van der Waals surface area contributed by atoms with Crippen LogP contribution in [0.5, 0.6) is 0 Å².